The van der Waals surface area contributed by atoms with E-state index in [1.165, 1.54) is 0 Å². The van der Waals surface area contributed by atoms with E-state index in [1.807, 2.05) is 0 Å². The Morgan fingerprint density at radius 3 is 2.41 bits per heavy atom. The molecule has 5 nitrogen and oxygen atoms in total. The van der Waals surface area contributed by atoms with Crippen molar-refractivity contribution in [1.82, 2.24) is 0 Å². The second-order valence-corrected chi connectivity index (χ2v) is 5.71. The van der Waals surface area contributed by atoms with Crippen LogP contribution in [0.1, 0.15) is 5.56 Å². The number of halogens is 2. The van der Waals surface area contributed by atoms with Gasteiger partial charge in [0.1, 0.15) is 0 Å². The van der Waals surface area contributed by atoms with Crippen molar-refractivity contribution >= 4 is 52.2 Å². The zero-order valence-electron chi connectivity index (χ0n) is 11.2. The molecule has 1 aliphatic heterocycles. The number of hydrogen-bond donors (Lipinski definition) is 3. The molecule has 1 heterocycles. The molecular formula is C15H11Cl2N3O2. The van der Waals surface area contributed by atoms with Gasteiger partial charge in [0.05, 0.1) is 6.42 Å². The zero-order chi connectivity index (χ0) is 15.7. The number of nitrogens with one attached hydrogen (secondary N) is 3. The van der Waals surface area contributed by atoms with Crippen molar-refractivity contribution in [1.29, 1.82) is 0 Å². The number of carbonyl (C=O) groups is 2. The smallest absolute Gasteiger partial charge is 0.323 e. The van der Waals surface area contributed by atoms with E-state index < -0.39 is 6.03 Å². The monoisotopic (exact) mass is 335 g/mol. The number of amides is 3. The summed E-state index contributed by atoms with van der Waals surface area (Å²) in [6.45, 7) is 0. The summed E-state index contributed by atoms with van der Waals surface area (Å²) >= 11 is 11.8. The molecule has 2 aromatic carbocycles. The van der Waals surface area contributed by atoms with E-state index in [9.17, 15) is 9.59 Å². The first-order chi connectivity index (χ1) is 10.5. The predicted octanol–water partition coefficient (Wildman–Crippen LogP) is 4.13. The summed E-state index contributed by atoms with van der Waals surface area (Å²) < 4.78 is 0. The summed E-state index contributed by atoms with van der Waals surface area (Å²) in [6.07, 6.45) is 0.316. The van der Waals surface area contributed by atoms with Crippen molar-refractivity contribution in [2.45, 2.75) is 6.42 Å². The molecule has 0 bridgehead atoms. The Balaban J connectivity index is 1.69. The van der Waals surface area contributed by atoms with Crippen molar-refractivity contribution in [2.75, 3.05) is 16.0 Å². The second kappa shape index (κ2) is 5.87. The van der Waals surface area contributed by atoms with Crippen molar-refractivity contribution in [3.8, 4) is 0 Å². The lowest BCUT2D eigenvalue weighted by atomic mass is 10.1. The maximum atomic E-state index is 12.0. The van der Waals surface area contributed by atoms with Crippen LogP contribution in [0.2, 0.25) is 10.0 Å². The number of carbonyl (C=O) groups excluding carboxylic acids is 2. The van der Waals surface area contributed by atoms with Crippen LogP contribution in [0.3, 0.4) is 0 Å². The fraction of sp³-hybridized carbons (Fsp3) is 0.0667. The fourth-order valence-electron chi connectivity index (χ4n) is 2.23. The van der Waals surface area contributed by atoms with Gasteiger partial charge in [0.25, 0.3) is 0 Å². The first kappa shape index (κ1) is 14.7. The maximum Gasteiger partial charge on any atom is 0.323 e. The molecule has 22 heavy (non-hydrogen) atoms. The fourth-order valence-corrected chi connectivity index (χ4v) is 2.75. The Morgan fingerprint density at radius 1 is 1.00 bits per heavy atom. The molecule has 3 rings (SSSR count). The number of urea groups is 1. The summed E-state index contributed by atoms with van der Waals surface area (Å²) in [5, 5.41) is 8.95. The van der Waals surface area contributed by atoms with Crippen LogP contribution in [0, 0.1) is 0 Å². The molecule has 112 valence electrons. The van der Waals surface area contributed by atoms with E-state index in [2.05, 4.69) is 16.0 Å². The van der Waals surface area contributed by atoms with Gasteiger partial charge in [0.2, 0.25) is 5.91 Å². The van der Waals surface area contributed by atoms with Gasteiger partial charge in [-0.15, -0.1) is 0 Å². The lowest BCUT2D eigenvalue weighted by molar-refractivity contribution is -0.115. The van der Waals surface area contributed by atoms with Crippen LogP contribution in [0.15, 0.2) is 36.4 Å². The molecule has 0 saturated heterocycles. The molecule has 3 amide bonds. The van der Waals surface area contributed by atoms with Gasteiger partial charge in [-0.2, -0.15) is 0 Å². The average Bonchev–Trinajstić information content (AvgIpc) is 2.76. The van der Waals surface area contributed by atoms with Crippen molar-refractivity contribution in [3.05, 3.63) is 52.0 Å². The highest BCUT2D eigenvalue weighted by Gasteiger charge is 2.17. The normalized spacial score (nSPS) is 12.5. The molecule has 0 atom stereocenters. The van der Waals surface area contributed by atoms with Crippen LogP contribution in [0.25, 0.3) is 0 Å². The topological polar surface area (TPSA) is 70.2 Å². The van der Waals surface area contributed by atoms with E-state index in [0.717, 1.165) is 11.3 Å². The third kappa shape index (κ3) is 3.32. The van der Waals surface area contributed by atoms with E-state index in [0.29, 0.717) is 27.8 Å². The number of benzene rings is 2. The zero-order valence-corrected chi connectivity index (χ0v) is 12.8. The number of anilines is 3. The van der Waals surface area contributed by atoms with Gasteiger partial charge in [0.15, 0.2) is 0 Å². The first-order valence-corrected chi connectivity index (χ1v) is 7.22. The van der Waals surface area contributed by atoms with Gasteiger partial charge < -0.3 is 16.0 Å². The lowest BCUT2D eigenvalue weighted by Gasteiger charge is -2.09. The first-order valence-electron chi connectivity index (χ1n) is 6.46. The van der Waals surface area contributed by atoms with E-state index >= 15 is 0 Å². The Kier molecular flexibility index (Phi) is 3.92. The molecule has 0 fully saturated rings. The van der Waals surface area contributed by atoms with Gasteiger partial charge >= 0.3 is 6.03 Å². The molecule has 1 aliphatic rings. The molecule has 0 spiro atoms. The summed E-state index contributed by atoms with van der Waals surface area (Å²) in [6, 6.07) is 9.59. The minimum atomic E-state index is -0.421. The third-order valence-corrected chi connectivity index (χ3v) is 3.55. The Labute approximate surface area is 136 Å². The Hall–Kier alpha value is -2.24. The number of fused-ring (bicyclic) bond motifs is 1. The largest absolute Gasteiger partial charge is 0.326 e. The molecule has 0 radical (unpaired) electrons. The quantitative estimate of drug-likeness (QED) is 0.772. The molecule has 2 aromatic rings. The highest BCUT2D eigenvalue weighted by molar-refractivity contribution is 6.35. The van der Waals surface area contributed by atoms with Crippen molar-refractivity contribution in [2.24, 2.45) is 0 Å². The molecular weight excluding hydrogens is 325 g/mol. The highest BCUT2D eigenvalue weighted by atomic mass is 35.5. The second-order valence-electron chi connectivity index (χ2n) is 4.83. The minimum Gasteiger partial charge on any atom is -0.326 e. The molecule has 0 saturated carbocycles. The van der Waals surface area contributed by atoms with E-state index in [-0.39, 0.29) is 5.91 Å². The number of hydrogen-bond acceptors (Lipinski definition) is 2. The van der Waals surface area contributed by atoms with Crippen LogP contribution in [-0.2, 0) is 11.2 Å². The third-order valence-electron chi connectivity index (χ3n) is 3.11. The van der Waals surface area contributed by atoms with E-state index in [4.69, 9.17) is 23.2 Å². The minimum absolute atomic E-state index is 0.0508. The van der Waals surface area contributed by atoms with Crippen LogP contribution in [0.4, 0.5) is 21.9 Å². The summed E-state index contributed by atoms with van der Waals surface area (Å²) in [7, 11) is 0. The average molecular weight is 336 g/mol. The summed E-state index contributed by atoms with van der Waals surface area (Å²) in [5.74, 6) is -0.0508. The van der Waals surface area contributed by atoms with Gasteiger partial charge in [-0.05, 0) is 42.0 Å². The van der Waals surface area contributed by atoms with Crippen LogP contribution < -0.4 is 16.0 Å². The highest BCUT2D eigenvalue weighted by Crippen LogP contribution is 2.26. The summed E-state index contributed by atoms with van der Waals surface area (Å²) in [5.41, 5.74) is 2.72. The van der Waals surface area contributed by atoms with Crippen LogP contribution in [-0.4, -0.2) is 11.9 Å². The van der Waals surface area contributed by atoms with E-state index in [1.54, 1.807) is 36.4 Å². The van der Waals surface area contributed by atoms with Crippen molar-refractivity contribution in [3.63, 3.8) is 0 Å². The SMILES string of the molecule is O=C1Cc2cc(NC(=O)Nc3cc(Cl)cc(Cl)c3)ccc2N1. The molecule has 0 aromatic heterocycles. The van der Waals surface area contributed by atoms with Gasteiger partial charge in [-0.25, -0.2) is 4.79 Å². The molecule has 0 unspecified atom stereocenters. The molecule has 0 aliphatic carbocycles. The van der Waals surface area contributed by atoms with Gasteiger partial charge in [-0.3, -0.25) is 4.79 Å². The van der Waals surface area contributed by atoms with Crippen molar-refractivity contribution < 1.29 is 9.59 Å². The molecule has 7 heteroatoms. The van der Waals surface area contributed by atoms with Gasteiger partial charge in [-0.1, -0.05) is 23.2 Å². The summed E-state index contributed by atoms with van der Waals surface area (Å²) in [4.78, 5) is 23.3. The lowest BCUT2D eigenvalue weighted by Crippen LogP contribution is -2.19. The van der Waals surface area contributed by atoms with Crippen LogP contribution >= 0.6 is 23.2 Å². The molecule has 3 N–H and O–H groups in total. The Bertz CT molecular complexity index is 757. The standard InChI is InChI=1S/C15H11Cl2N3O2/c16-9-5-10(17)7-12(6-9)19-15(22)18-11-1-2-13-8(3-11)4-14(21)20-13/h1-3,5-7H,4H2,(H,20,21)(H2,18,19,22). The Morgan fingerprint density at radius 2 is 1.68 bits per heavy atom. The van der Waals surface area contributed by atoms with Crippen LogP contribution in [0.5, 0.6) is 0 Å². The number of rotatable bonds is 2. The van der Waals surface area contributed by atoms with Gasteiger partial charge in [0, 0.05) is 27.1 Å². The predicted molar refractivity (Wildman–Crippen MR) is 87.9 cm³/mol. The maximum absolute atomic E-state index is 12.0.